The van der Waals surface area contributed by atoms with Gasteiger partial charge < -0.3 is 19.4 Å². The molecule has 11 nitrogen and oxygen atoms in total. The highest BCUT2D eigenvalue weighted by Gasteiger charge is 2.39. The maximum absolute atomic E-state index is 12.9. The third kappa shape index (κ3) is 5.01. The fourth-order valence-electron chi connectivity index (χ4n) is 4.68. The number of hydrogen-bond donors (Lipinski definition) is 2. The quantitative estimate of drug-likeness (QED) is 0.600. The summed E-state index contributed by atoms with van der Waals surface area (Å²) in [5.74, 6) is -0.160. The molecule has 0 aliphatic carbocycles. The van der Waals surface area contributed by atoms with E-state index in [-0.39, 0.29) is 24.8 Å². The molecule has 0 bridgehead atoms. The number of ether oxygens (including phenoxy) is 1. The van der Waals surface area contributed by atoms with E-state index < -0.39 is 18.0 Å². The number of piperazine rings is 1. The second-order valence-electron chi connectivity index (χ2n) is 9.29. The number of piperidine rings is 1. The summed E-state index contributed by atoms with van der Waals surface area (Å²) >= 11 is 0. The van der Waals surface area contributed by atoms with Crippen LogP contribution >= 0.6 is 0 Å². The topological polar surface area (TPSA) is 124 Å². The summed E-state index contributed by atoms with van der Waals surface area (Å²) in [5.41, 5.74) is 2.46. The van der Waals surface area contributed by atoms with E-state index in [1.54, 1.807) is 30.5 Å². The number of anilines is 2. The van der Waals surface area contributed by atoms with Crippen molar-refractivity contribution in [3.8, 4) is 0 Å². The van der Waals surface area contributed by atoms with Gasteiger partial charge in [0, 0.05) is 44.7 Å². The van der Waals surface area contributed by atoms with Crippen LogP contribution in [0.2, 0.25) is 0 Å². The van der Waals surface area contributed by atoms with Crippen LogP contribution in [0.4, 0.5) is 16.3 Å². The lowest BCUT2D eigenvalue weighted by Crippen LogP contribution is -2.52. The van der Waals surface area contributed by atoms with Crippen molar-refractivity contribution in [3.05, 3.63) is 53.2 Å². The van der Waals surface area contributed by atoms with Gasteiger partial charge in [-0.2, -0.15) is 0 Å². The summed E-state index contributed by atoms with van der Waals surface area (Å²) in [6.07, 6.45) is 1.50. The van der Waals surface area contributed by atoms with Crippen molar-refractivity contribution in [1.82, 2.24) is 20.1 Å². The monoisotopic (exact) mass is 492 g/mol. The predicted molar refractivity (Wildman–Crippen MR) is 130 cm³/mol. The number of fused-ring (bicyclic) bond motifs is 1. The van der Waals surface area contributed by atoms with Gasteiger partial charge in [0.05, 0.1) is 11.9 Å². The Balaban J connectivity index is 1.14. The molecule has 36 heavy (non-hydrogen) atoms. The number of nitrogens with zero attached hydrogens (tertiary/aromatic N) is 4. The van der Waals surface area contributed by atoms with Crippen molar-refractivity contribution in [1.29, 1.82) is 0 Å². The first kappa shape index (κ1) is 23.7. The lowest BCUT2D eigenvalue weighted by molar-refractivity contribution is -0.136. The Hall–Kier alpha value is -3.99. The molecule has 4 amide bonds. The molecule has 1 atom stereocenters. The third-order valence-corrected chi connectivity index (χ3v) is 6.78. The number of benzene rings is 1. The van der Waals surface area contributed by atoms with Gasteiger partial charge in [-0.05, 0) is 42.8 Å². The fourth-order valence-corrected chi connectivity index (χ4v) is 4.68. The van der Waals surface area contributed by atoms with Gasteiger partial charge in [-0.15, -0.1) is 0 Å². The summed E-state index contributed by atoms with van der Waals surface area (Å²) in [5, 5.41) is 4.97. The Kier molecular flexibility index (Phi) is 6.55. The van der Waals surface area contributed by atoms with E-state index in [0.717, 1.165) is 37.6 Å². The number of amides is 4. The van der Waals surface area contributed by atoms with Gasteiger partial charge in [-0.25, -0.2) is 9.78 Å². The van der Waals surface area contributed by atoms with Gasteiger partial charge in [0.2, 0.25) is 11.8 Å². The smallest absolute Gasteiger partial charge is 0.412 e. The number of likely N-dealkylation sites (N-methyl/N-ethyl adjacent to an activating group) is 1. The molecule has 2 saturated heterocycles. The van der Waals surface area contributed by atoms with Crippen molar-refractivity contribution >= 4 is 35.3 Å². The molecule has 1 unspecified atom stereocenters. The number of imide groups is 1. The van der Waals surface area contributed by atoms with Crippen LogP contribution in [0.3, 0.4) is 0 Å². The van der Waals surface area contributed by atoms with Crippen LogP contribution in [0, 0.1) is 0 Å². The van der Waals surface area contributed by atoms with Gasteiger partial charge in [-0.1, -0.05) is 12.1 Å². The Morgan fingerprint density at radius 2 is 1.94 bits per heavy atom. The average Bonchev–Trinajstić information content (AvgIpc) is 3.19. The minimum atomic E-state index is -0.663. The Morgan fingerprint density at radius 3 is 2.67 bits per heavy atom. The van der Waals surface area contributed by atoms with Crippen LogP contribution in [0.15, 0.2) is 36.5 Å². The molecule has 3 aliphatic heterocycles. The molecule has 1 aromatic heterocycles. The van der Waals surface area contributed by atoms with Crippen LogP contribution < -0.4 is 15.5 Å². The average molecular weight is 493 g/mol. The molecule has 2 N–H and O–H groups in total. The first-order valence-corrected chi connectivity index (χ1v) is 12.0. The van der Waals surface area contributed by atoms with E-state index in [1.165, 1.54) is 4.90 Å². The Morgan fingerprint density at radius 1 is 1.14 bits per heavy atom. The van der Waals surface area contributed by atoms with E-state index in [4.69, 9.17) is 4.74 Å². The summed E-state index contributed by atoms with van der Waals surface area (Å²) < 4.78 is 5.34. The minimum Gasteiger partial charge on any atom is -0.444 e. The van der Waals surface area contributed by atoms with Crippen LogP contribution in [0.1, 0.15) is 34.3 Å². The Bertz CT molecular complexity index is 1190. The zero-order valence-electron chi connectivity index (χ0n) is 20.0. The number of rotatable bonds is 5. The number of nitrogens with one attached hydrogen (secondary N) is 2. The molecule has 2 fully saturated rings. The van der Waals surface area contributed by atoms with E-state index in [0.29, 0.717) is 29.8 Å². The molecule has 0 saturated carbocycles. The first-order valence-electron chi connectivity index (χ1n) is 12.0. The van der Waals surface area contributed by atoms with Crippen LogP contribution in [0.25, 0.3) is 0 Å². The SMILES string of the molecule is CN1CCN(c2ccc(NC(=O)OCc3ccc4c(c3)C(=O)N(C3CCC(=O)NC3=O)C4)cn2)CC1. The van der Waals surface area contributed by atoms with Crippen molar-refractivity contribution in [2.45, 2.75) is 32.0 Å². The number of pyridine rings is 1. The zero-order chi connectivity index (χ0) is 25.2. The summed E-state index contributed by atoms with van der Waals surface area (Å²) in [7, 11) is 2.10. The minimum absolute atomic E-state index is 0.0163. The predicted octanol–water partition coefficient (Wildman–Crippen LogP) is 1.34. The second-order valence-corrected chi connectivity index (χ2v) is 9.29. The molecule has 0 spiro atoms. The van der Waals surface area contributed by atoms with Gasteiger partial charge in [0.25, 0.3) is 5.91 Å². The van der Waals surface area contributed by atoms with Crippen molar-refractivity contribution < 1.29 is 23.9 Å². The third-order valence-electron chi connectivity index (χ3n) is 6.78. The van der Waals surface area contributed by atoms with Crippen molar-refractivity contribution in [2.24, 2.45) is 0 Å². The van der Waals surface area contributed by atoms with Gasteiger partial charge in [0.15, 0.2) is 0 Å². The van der Waals surface area contributed by atoms with Crippen molar-refractivity contribution in [2.75, 3.05) is 43.4 Å². The van der Waals surface area contributed by atoms with Gasteiger partial charge in [0.1, 0.15) is 18.5 Å². The summed E-state index contributed by atoms with van der Waals surface area (Å²) in [6.45, 7) is 4.07. The maximum Gasteiger partial charge on any atom is 0.412 e. The van der Waals surface area contributed by atoms with E-state index in [9.17, 15) is 19.2 Å². The molecule has 5 rings (SSSR count). The lowest BCUT2D eigenvalue weighted by atomic mass is 10.0. The largest absolute Gasteiger partial charge is 0.444 e. The molecule has 2 aromatic rings. The first-order chi connectivity index (χ1) is 17.4. The zero-order valence-corrected chi connectivity index (χ0v) is 20.0. The Labute approximate surface area is 208 Å². The highest BCUT2D eigenvalue weighted by atomic mass is 16.5. The molecular formula is C25H28N6O5. The lowest BCUT2D eigenvalue weighted by Gasteiger charge is -2.33. The number of hydrogen-bond acceptors (Lipinski definition) is 8. The molecule has 1 aromatic carbocycles. The van der Waals surface area contributed by atoms with Gasteiger partial charge in [-0.3, -0.25) is 25.0 Å². The van der Waals surface area contributed by atoms with Crippen molar-refractivity contribution in [3.63, 3.8) is 0 Å². The molecule has 188 valence electrons. The van der Waals surface area contributed by atoms with Gasteiger partial charge >= 0.3 is 6.09 Å². The fraction of sp³-hybridized carbons (Fsp3) is 0.400. The summed E-state index contributed by atoms with van der Waals surface area (Å²) in [6, 6.07) is 8.28. The molecule has 4 heterocycles. The number of aromatic nitrogens is 1. The van der Waals surface area contributed by atoms with E-state index >= 15 is 0 Å². The molecule has 3 aliphatic rings. The summed E-state index contributed by atoms with van der Waals surface area (Å²) in [4.78, 5) is 59.3. The van der Waals surface area contributed by atoms with E-state index in [2.05, 4.69) is 32.5 Å². The highest BCUT2D eigenvalue weighted by Crippen LogP contribution is 2.28. The highest BCUT2D eigenvalue weighted by molar-refractivity contribution is 6.05. The van der Waals surface area contributed by atoms with Crippen LogP contribution in [-0.4, -0.2) is 77.9 Å². The number of carbonyl (C=O) groups is 4. The van der Waals surface area contributed by atoms with Crippen LogP contribution in [0.5, 0.6) is 0 Å². The second kappa shape index (κ2) is 9.94. The normalized spacial score (nSPS) is 20.2. The standard InChI is InChI=1S/C25H28N6O5/c1-29-8-10-30(11-9-29)21-6-4-18(13-26-21)27-25(35)36-15-16-2-3-17-14-31(24(34)19(17)12-16)20-5-7-22(32)28-23(20)33/h2-4,6,12-13,20H,5,7-11,14-15H2,1H3,(H,27,35)(H,28,32,33). The number of carbonyl (C=O) groups excluding carboxylic acids is 4. The van der Waals surface area contributed by atoms with Crippen LogP contribution in [-0.2, 0) is 27.5 Å². The molecule has 0 radical (unpaired) electrons. The molecule has 11 heteroatoms. The molecular weight excluding hydrogens is 464 g/mol. The maximum atomic E-state index is 12.9. The van der Waals surface area contributed by atoms with E-state index in [1.807, 2.05) is 6.07 Å².